The fourth-order valence-corrected chi connectivity index (χ4v) is 3.09. The van der Waals surface area contributed by atoms with Crippen LogP contribution < -0.4 is 10.0 Å². The molecule has 0 unspecified atom stereocenters. The van der Waals surface area contributed by atoms with Crippen LogP contribution in [0.15, 0.2) is 17.2 Å². The SMILES string of the molecule is COCCNCCNS(=O)(=O)c1cnc2c(c1)c(C)nn2C.Cl. The Hall–Kier alpha value is -1.26. The van der Waals surface area contributed by atoms with Crippen molar-refractivity contribution in [1.82, 2.24) is 24.8 Å². The Bertz CT molecular complexity index is 747. The Morgan fingerprint density at radius 3 is 2.74 bits per heavy atom. The fourth-order valence-electron chi connectivity index (χ4n) is 2.09. The minimum absolute atomic E-state index is 0. The highest BCUT2D eigenvalue weighted by atomic mass is 35.5. The summed E-state index contributed by atoms with van der Waals surface area (Å²) >= 11 is 0. The first-order chi connectivity index (χ1) is 10.5. The zero-order chi connectivity index (χ0) is 16.2. The molecule has 2 N–H and O–H groups in total. The molecule has 0 amide bonds. The van der Waals surface area contributed by atoms with Gasteiger partial charge in [0.2, 0.25) is 10.0 Å². The third-order valence-corrected chi connectivity index (χ3v) is 4.65. The number of aryl methyl sites for hydroxylation is 2. The maximum atomic E-state index is 12.3. The minimum atomic E-state index is -3.57. The molecule has 0 saturated carbocycles. The summed E-state index contributed by atoms with van der Waals surface area (Å²) in [5.41, 5.74) is 1.42. The van der Waals surface area contributed by atoms with E-state index in [0.717, 1.165) is 11.1 Å². The lowest BCUT2D eigenvalue weighted by molar-refractivity contribution is 0.199. The molecule has 0 aliphatic rings. The van der Waals surface area contributed by atoms with E-state index in [1.165, 1.54) is 6.20 Å². The number of ether oxygens (including phenoxy) is 1. The van der Waals surface area contributed by atoms with Gasteiger partial charge >= 0.3 is 0 Å². The molecule has 2 aromatic rings. The first-order valence-corrected chi connectivity index (χ1v) is 8.42. The van der Waals surface area contributed by atoms with Crippen LogP contribution in [-0.2, 0) is 21.8 Å². The standard InChI is InChI=1S/C13H21N5O3S.ClH/c1-10-12-8-11(9-15-13(12)18(2)17-10)22(19,20)16-5-4-14-6-7-21-3;/h8-9,14,16H,4-7H2,1-3H3;1H. The molecule has 130 valence electrons. The number of halogens is 1. The molecule has 0 atom stereocenters. The van der Waals surface area contributed by atoms with Crippen molar-refractivity contribution in [1.29, 1.82) is 0 Å². The van der Waals surface area contributed by atoms with Crippen LogP contribution >= 0.6 is 12.4 Å². The summed E-state index contributed by atoms with van der Waals surface area (Å²) in [6, 6.07) is 1.60. The third-order valence-electron chi connectivity index (χ3n) is 3.23. The van der Waals surface area contributed by atoms with Crippen molar-refractivity contribution in [3.63, 3.8) is 0 Å². The van der Waals surface area contributed by atoms with E-state index in [2.05, 4.69) is 20.1 Å². The number of fused-ring (bicyclic) bond motifs is 1. The highest BCUT2D eigenvalue weighted by molar-refractivity contribution is 7.89. The van der Waals surface area contributed by atoms with Gasteiger partial charge in [-0.25, -0.2) is 18.1 Å². The van der Waals surface area contributed by atoms with E-state index >= 15 is 0 Å². The van der Waals surface area contributed by atoms with Crippen molar-refractivity contribution in [2.24, 2.45) is 7.05 Å². The molecular weight excluding hydrogens is 342 g/mol. The zero-order valence-corrected chi connectivity index (χ0v) is 15.0. The Kier molecular flexibility index (Phi) is 7.36. The first-order valence-electron chi connectivity index (χ1n) is 6.94. The van der Waals surface area contributed by atoms with E-state index in [-0.39, 0.29) is 17.3 Å². The number of rotatable bonds is 8. The van der Waals surface area contributed by atoms with Crippen LogP contribution in [0.5, 0.6) is 0 Å². The molecule has 0 aliphatic carbocycles. The van der Waals surface area contributed by atoms with Gasteiger partial charge in [-0.05, 0) is 13.0 Å². The second kappa shape index (κ2) is 8.55. The number of hydrogen-bond acceptors (Lipinski definition) is 6. The van der Waals surface area contributed by atoms with Gasteiger partial charge < -0.3 is 10.1 Å². The summed E-state index contributed by atoms with van der Waals surface area (Å²) in [6.07, 6.45) is 1.35. The minimum Gasteiger partial charge on any atom is -0.383 e. The molecule has 10 heteroatoms. The highest BCUT2D eigenvalue weighted by Crippen LogP contribution is 2.18. The molecule has 0 fully saturated rings. The van der Waals surface area contributed by atoms with Crippen LogP contribution in [-0.4, -0.2) is 56.5 Å². The van der Waals surface area contributed by atoms with Crippen molar-refractivity contribution in [2.75, 3.05) is 33.4 Å². The Labute approximate surface area is 142 Å². The monoisotopic (exact) mass is 363 g/mol. The number of nitrogens with one attached hydrogen (secondary N) is 2. The summed E-state index contributed by atoms with van der Waals surface area (Å²) in [4.78, 5) is 4.33. The number of hydrogen-bond donors (Lipinski definition) is 2. The van der Waals surface area contributed by atoms with Gasteiger partial charge in [0, 0.05) is 45.4 Å². The molecule has 8 nitrogen and oxygen atoms in total. The van der Waals surface area contributed by atoms with Gasteiger partial charge in [0.05, 0.1) is 12.3 Å². The Morgan fingerprint density at radius 1 is 1.30 bits per heavy atom. The van der Waals surface area contributed by atoms with Gasteiger partial charge in [-0.2, -0.15) is 5.10 Å². The number of nitrogens with zero attached hydrogens (tertiary/aromatic N) is 3. The molecule has 0 saturated heterocycles. The van der Waals surface area contributed by atoms with E-state index in [1.54, 1.807) is 24.9 Å². The average molecular weight is 364 g/mol. The summed E-state index contributed by atoms with van der Waals surface area (Å²) in [5, 5.41) is 8.05. The van der Waals surface area contributed by atoms with Gasteiger partial charge in [0.25, 0.3) is 0 Å². The molecule has 0 aliphatic heterocycles. The van der Waals surface area contributed by atoms with Crippen molar-refractivity contribution < 1.29 is 13.2 Å². The molecule has 0 bridgehead atoms. The quantitative estimate of drug-likeness (QED) is 0.651. The van der Waals surface area contributed by atoms with E-state index in [1.807, 2.05) is 6.92 Å². The van der Waals surface area contributed by atoms with Crippen LogP contribution in [0, 0.1) is 6.92 Å². The van der Waals surface area contributed by atoms with E-state index in [0.29, 0.717) is 31.9 Å². The van der Waals surface area contributed by atoms with Gasteiger partial charge in [-0.3, -0.25) is 4.68 Å². The summed E-state index contributed by atoms with van der Waals surface area (Å²) in [7, 11) is -0.176. The second-order valence-electron chi connectivity index (χ2n) is 4.89. The van der Waals surface area contributed by atoms with Crippen molar-refractivity contribution >= 4 is 33.5 Å². The number of sulfonamides is 1. The topological polar surface area (TPSA) is 98.1 Å². The molecule has 23 heavy (non-hydrogen) atoms. The average Bonchev–Trinajstić information content (AvgIpc) is 2.77. The molecular formula is C13H22ClN5O3S. The fraction of sp³-hybridized carbons (Fsp3) is 0.538. The molecule has 2 heterocycles. The van der Waals surface area contributed by atoms with Crippen LogP contribution in [0.4, 0.5) is 0 Å². The second-order valence-corrected chi connectivity index (χ2v) is 6.66. The lowest BCUT2D eigenvalue weighted by Gasteiger charge is -2.07. The smallest absolute Gasteiger partial charge is 0.242 e. The Morgan fingerprint density at radius 2 is 2.04 bits per heavy atom. The number of pyridine rings is 1. The molecule has 0 aromatic carbocycles. The lowest BCUT2D eigenvalue weighted by atomic mass is 10.3. The van der Waals surface area contributed by atoms with Crippen molar-refractivity contribution in [3.8, 4) is 0 Å². The third kappa shape index (κ3) is 4.85. The predicted molar refractivity (Wildman–Crippen MR) is 90.4 cm³/mol. The molecule has 0 radical (unpaired) electrons. The van der Waals surface area contributed by atoms with Gasteiger partial charge in [0.15, 0.2) is 5.65 Å². The van der Waals surface area contributed by atoms with Crippen LogP contribution in [0.1, 0.15) is 5.69 Å². The lowest BCUT2D eigenvalue weighted by Crippen LogP contribution is -2.33. The largest absolute Gasteiger partial charge is 0.383 e. The van der Waals surface area contributed by atoms with Crippen LogP contribution in [0.25, 0.3) is 11.0 Å². The molecule has 2 aromatic heterocycles. The van der Waals surface area contributed by atoms with E-state index in [9.17, 15) is 8.42 Å². The number of aromatic nitrogens is 3. The normalized spacial score (nSPS) is 11.6. The summed E-state index contributed by atoms with van der Waals surface area (Å²) in [6.45, 7) is 3.93. The van der Waals surface area contributed by atoms with E-state index in [4.69, 9.17) is 4.74 Å². The molecule has 2 rings (SSSR count). The summed E-state index contributed by atoms with van der Waals surface area (Å²) < 4.78 is 33.6. The maximum Gasteiger partial charge on any atom is 0.242 e. The molecule has 0 spiro atoms. The zero-order valence-electron chi connectivity index (χ0n) is 13.4. The highest BCUT2D eigenvalue weighted by Gasteiger charge is 2.16. The van der Waals surface area contributed by atoms with Gasteiger partial charge in [0.1, 0.15) is 4.90 Å². The Balaban J connectivity index is 0.00000264. The maximum absolute atomic E-state index is 12.3. The van der Waals surface area contributed by atoms with Crippen molar-refractivity contribution in [3.05, 3.63) is 18.0 Å². The summed E-state index contributed by atoms with van der Waals surface area (Å²) in [5.74, 6) is 0. The first kappa shape index (κ1) is 19.8. The van der Waals surface area contributed by atoms with Gasteiger partial charge in [-0.15, -0.1) is 12.4 Å². The van der Waals surface area contributed by atoms with Crippen LogP contribution in [0.3, 0.4) is 0 Å². The van der Waals surface area contributed by atoms with Crippen LogP contribution in [0.2, 0.25) is 0 Å². The van der Waals surface area contributed by atoms with E-state index < -0.39 is 10.0 Å². The van der Waals surface area contributed by atoms with Gasteiger partial charge in [-0.1, -0.05) is 0 Å². The predicted octanol–water partition coefficient (Wildman–Crippen LogP) is 0.213. The van der Waals surface area contributed by atoms with Crippen molar-refractivity contribution in [2.45, 2.75) is 11.8 Å². The number of methoxy groups -OCH3 is 1.